The number of hydrogen-bond donors (Lipinski definition) is 0. The van der Waals surface area contributed by atoms with Gasteiger partial charge in [0.1, 0.15) is 12.4 Å². The normalized spacial score (nSPS) is 11.2. The molecule has 0 unspecified atom stereocenters. The van der Waals surface area contributed by atoms with E-state index in [0.29, 0.717) is 17.1 Å². The van der Waals surface area contributed by atoms with E-state index in [-0.39, 0.29) is 6.61 Å². The Labute approximate surface area is 128 Å². The molecule has 2 rings (SSSR count). The first kappa shape index (κ1) is 16.1. The summed E-state index contributed by atoms with van der Waals surface area (Å²) >= 11 is 0. The Morgan fingerprint density at radius 1 is 1.18 bits per heavy atom. The molecule has 0 radical (unpaired) electrons. The van der Waals surface area contributed by atoms with Gasteiger partial charge in [0, 0.05) is 12.5 Å². The number of carbonyl (C=O) groups is 1. The first-order chi connectivity index (χ1) is 10.3. The molecule has 0 amide bonds. The van der Waals surface area contributed by atoms with Crippen molar-refractivity contribution in [2.24, 2.45) is 0 Å². The molecule has 1 aromatic heterocycles. The number of aromatic nitrogens is 1. The molecule has 0 atom stereocenters. The molecule has 0 aliphatic heterocycles. The molecule has 22 heavy (non-hydrogen) atoms. The minimum absolute atomic E-state index is 0.129. The second-order valence-electron chi connectivity index (χ2n) is 4.60. The van der Waals surface area contributed by atoms with Crippen molar-refractivity contribution in [2.45, 2.75) is 13.5 Å². The van der Waals surface area contributed by atoms with E-state index in [9.17, 15) is 13.2 Å². The highest BCUT2D eigenvalue weighted by molar-refractivity contribution is 7.85. The number of benzene rings is 1. The molecule has 0 N–H and O–H groups in total. The molecular formula is C15H15NO5S. The number of carbonyl (C=O) groups excluding carboxylic acids is 1. The molecular weight excluding hydrogens is 306 g/mol. The molecule has 0 saturated heterocycles. The minimum atomic E-state index is -3.52. The maximum atomic E-state index is 11.0. The van der Waals surface area contributed by atoms with Gasteiger partial charge in [-0.3, -0.25) is 14.0 Å². The third kappa shape index (κ3) is 4.94. The van der Waals surface area contributed by atoms with Crippen LogP contribution in [0.4, 0.5) is 0 Å². The van der Waals surface area contributed by atoms with Crippen LogP contribution in [0.2, 0.25) is 0 Å². The zero-order valence-electron chi connectivity index (χ0n) is 12.1. The molecule has 116 valence electrons. The highest BCUT2D eigenvalue weighted by Gasteiger charge is 2.07. The molecule has 0 fully saturated rings. The maximum absolute atomic E-state index is 11.0. The van der Waals surface area contributed by atoms with Crippen LogP contribution in [-0.2, 0) is 25.7 Å². The van der Waals surface area contributed by atoms with Crippen LogP contribution in [0, 0.1) is 0 Å². The van der Waals surface area contributed by atoms with Crippen molar-refractivity contribution in [1.29, 1.82) is 0 Å². The Hall–Kier alpha value is -2.25. The zero-order chi connectivity index (χ0) is 16.2. The lowest BCUT2D eigenvalue weighted by molar-refractivity contribution is -0.131. The Kier molecular flexibility index (Phi) is 4.89. The van der Waals surface area contributed by atoms with E-state index in [1.807, 2.05) is 6.07 Å². The lowest BCUT2D eigenvalue weighted by Crippen LogP contribution is -2.04. The predicted octanol–water partition coefficient (Wildman–Crippen LogP) is 2.15. The first-order valence-electron chi connectivity index (χ1n) is 6.43. The van der Waals surface area contributed by atoms with Gasteiger partial charge in [-0.2, -0.15) is 8.42 Å². The largest absolute Gasteiger partial charge is 0.427 e. The van der Waals surface area contributed by atoms with Gasteiger partial charge in [-0.05, 0) is 24.3 Å². The van der Waals surface area contributed by atoms with Gasteiger partial charge in [-0.25, -0.2) is 0 Å². The number of esters is 1. The van der Waals surface area contributed by atoms with E-state index >= 15 is 0 Å². The summed E-state index contributed by atoms with van der Waals surface area (Å²) in [6.45, 7) is 1.20. The van der Waals surface area contributed by atoms with Gasteiger partial charge in [-0.15, -0.1) is 0 Å². The SMILES string of the molecule is CC(=O)Oc1cccc(-c2cccc(COS(C)(=O)=O)n2)c1. The van der Waals surface area contributed by atoms with Crippen LogP contribution in [0.15, 0.2) is 42.5 Å². The standard InChI is InChI=1S/C15H15NO5S/c1-11(17)21-14-7-3-5-12(9-14)15-8-4-6-13(16-15)10-20-22(2,18)19/h3-9H,10H2,1-2H3. The van der Waals surface area contributed by atoms with Crippen molar-refractivity contribution in [3.63, 3.8) is 0 Å². The maximum Gasteiger partial charge on any atom is 0.308 e. The van der Waals surface area contributed by atoms with Crippen molar-refractivity contribution in [2.75, 3.05) is 6.26 Å². The third-order valence-corrected chi connectivity index (χ3v) is 3.17. The summed E-state index contributed by atoms with van der Waals surface area (Å²) in [6, 6.07) is 12.1. The second kappa shape index (κ2) is 6.67. The van der Waals surface area contributed by atoms with Gasteiger partial charge < -0.3 is 4.74 Å². The van der Waals surface area contributed by atoms with Crippen molar-refractivity contribution in [3.05, 3.63) is 48.2 Å². The quantitative estimate of drug-likeness (QED) is 0.477. The van der Waals surface area contributed by atoms with Gasteiger partial charge >= 0.3 is 5.97 Å². The number of hydrogen-bond acceptors (Lipinski definition) is 6. The number of rotatable bonds is 5. The number of pyridine rings is 1. The molecule has 6 nitrogen and oxygen atoms in total. The third-order valence-electron chi connectivity index (χ3n) is 2.62. The highest BCUT2D eigenvalue weighted by Crippen LogP contribution is 2.22. The fourth-order valence-electron chi connectivity index (χ4n) is 1.77. The summed E-state index contributed by atoms with van der Waals surface area (Å²) in [4.78, 5) is 15.3. The summed E-state index contributed by atoms with van der Waals surface area (Å²) in [7, 11) is -3.52. The molecule has 2 aromatic rings. The Morgan fingerprint density at radius 3 is 2.59 bits per heavy atom. The molecule has 0 aliphatic carbocycles. The lowest BCUT2D eigenvalue weighted by Gasteiger charge is -2.07. The Morgan fingerprint density at radius 2 is 1.91 bits per heavy atom. The fourth-order valence-corrected chi connectivity index (χ4v) is 2.11. The topological polar surface area (TPSA) is 82.6 Å². The predicted molar refractivity (Wildman–Crippen MR) is 80.6 cm³/mol. The lowest BCUT2D eigenvalue weighted by atomic mass is 10.1. The molecule has 0 aliphatic rings. The smallest absolute Gasteiger partial charge is 0.308 e. The van der Waals surface area contributed by atoms with Crippen molar-refractivity contribution in [3.8, 4) is 17.0 Å². The zero-order valence-corrected chi connectivity index (χ0v) is 13.0. The van der Waals surface area contributed by atoms with Crippen LogP contribution >= 0.6 is 0 Å². The minimum Gasteiger partial charge on any atom is -0.427 e. The van der Waals surface area contributed by atoms with Crippen LogP contribution in [0.3, 0.4) is 0 Å². The van der Waals surface area contributed by atoms with Gasteiger partial charge in [0.15, 0.2) is 0 Å². The Bertz CT molecular complexity index is 786. The van der Waals surface area contributed by atoms with Gasteiger partial charge in [0.2, 0.25) is 0 Å². The first-order valence-corrected chi connectivity index (χ1v) is 8.24. The van der Waals surface area contributed by atoms with E-state index in [2.05, 4.69) is 4.98 Å². The average molecular weight is 321 g/mol. The van der Waals surface area contributed by atoms with Crippen LogP contribution in [0.1, 0.15) is 12.6 Å². The monoisotopic (exact) mass is 321 g/mol. The Balaban J connectivity index is 2.24. The summed E-state index contributed by atoms with van der Waals surface area (Å²) in [5, 5.41) is 0. The van der Waals surface area contributed by atoms with Crippen LogP contribution in [0.25, 0.3) is 11.3 Å². The summed E-state index contributed by atoms with van der Waals surface area (Å²) in [5.74, 6) is 0.0185. The van der Waals surface area contributed by atoms with Gasteiger partial charge in [-0.1, -0.05) is 18.2 Å². The van der Waals surface area contributed by atoms with Crippen LogP contribution < -0.4 is 4.74 Å². The van der Waals surface area contributed by atoms with Crippen molar-refractivity contribution < 1.29 is 22.1 Å². The van der Waals surface area contributed by atoms with Crippen LogP contribution in [-0.4, -0.2) is 25.6 Å². The number of ether oxygens (including phenoxy) is 1. The summed E-state index contributed by atoms with van der Waals surface area (Å²) in [6.07, 6.45) is 0.986. The van der Waals surface area contributed by atoms with E-state index in [4.69, 9.17) is 8.92 Å². The molecule has 1 aromatic carbocycles. The van der Waals surface area contributed by atoms with Gasteiger partial charge in [0.05, 0.1) is 17.6 Å². The van der Waals surface area contributed by atoms with Crippen molar-refractivity contribution in [1.82, 2.24) is 4.98 Å². The van der Waals surface area contributed by atoms with Crippen LogP contribution in [0.5, 0.6) is 5.75 Å². The van der Waals surface area contributed by atoms with E-state index in [0.717, 1.165) is 11.8 Å². The van der Waals surface area contributed by atoms with Crippen molar-refractivity contribution >= 4 is 16.1 Å². The molecule has 1 heterocycles. The molecule has 7 heteroatoms. The fraction of sp³-hybridized carbons (Fsp3) is 0.200. The summed E-state index contributed by atoms with van der Waals surface area (Å²) in [5.41, 5.74) is 1.87. The van der Waals surface area contributed by atoms with E-state index in [1.54, 1.807) is 36.4 Å². The number of nitrogens with zero attached hydrogens (tertiary/aromatic N) is 1. The molecule has 0 bridgehead atoms. The van der Waals surface area contributed by atoms with E-state index in [1.165, 1.54) is 6.92 Å². The second-order valence-corrected chi connectivity index (χ2v) is 6.25. The average Bonchev–Trinajstić information content (AvgIpc) is 2.44. The van der Waals surface area contributed by atoms with Gasteiger partial charge in [0.25, 0.3) is 10.1 Å². The van der Waals surface area contributed by atoms with E-state index < -0.39 is 16.1 Å². The molecule has 0 saturated carbocycles. The molecule has 0 spiro atoms. The summed E-state index contributed by atoms with van der Waals surface area (Å²) < 4.78 is 31.8. The highest BCUT2D eigenvalue weighted by atomic mass is 32.2.